The SMILES string of the molecule is CCc1ncnc(N(C)c2ccc(CN)cc2)c1F. The smallest absolute Gasteiger partial charge is 0.187 e. The van der Waals surface area contributed by atoms with Gasteiger partial charge in [0.1, 0.15) is 6.33 Å². The number of rotatable bonds is 4. The highest BCUT2D eigenvalue weighted by atomic mass is 19.1. The number of aryl methyl sites for hydroxylation is 1. The third kappa shape index (κ3) is 2.71. The van der Waals surface area contributed by atoms with E-state index in [1.807, 2.05) is 31.2 Å². The van der Waals surface area contributed by atoms with E-state index in [2.05, 4.69) is 9.97 Å². The van der Waals surface area contributed by atoms with Crippen molar-refractivity contribution in [2.45, 2.75) is 19.9 Å². The van der Waals surface area contributed by atoms with Crippen LogP contribution in [0.2, 0.25) is 0 Å². The Balaban J connectivity index is 2.35. The number of nitrogens with two attached hydrogens (primary N) is 1. The summed E-state index contributed by atoms with van der Waals surface area (Å²) in [6, 6.07) is 7.64. The van der Waals surface area contributed by atoms with E-state index in [1.54, 1.807) is 11.9 Å². The molecule has 0 amide bonds. The Morgan fingerprint density at radius 3 is 2.47 bits per heavy atom. The molecule has 0 saturated carbocycles. The van der Waals surface area contributed by atoms with Crippen molar-refractivity contribution in [2.24, 2.45) is 5.73 Å². The summed E-state index contributed by atoms with van der Waals surface area (Å²) in [5.41, 5.74) is 7.88. The fourth-order valence-electron chi connectivity index (χ4n) is 1.85. The van der Waals surface area contributed by atoms with E-state index in [0.717, 1.165) is 11.3 Å². The van der Waals surface area contributed by atoms with Crippen LogP contribution in [0.25, 0.3) is 0 Å². The van der Waals surface area contributed by atoms with Gasteiger partial charge in [-0.25, -0.2) is 14.4 Å². The zero-order valence-electron chi connectivity index (χ0n) is 11.1. The number of aromatic nitrogens is 2. The van der Waals surface area contributed by atoms with Crippen LogP contribution >= 0.6 is 0 Å². The van der Waals surface area contributed by atoms with E-state index in [9.17, 15) is 4.39 Å². The van der Waals surface area contributed by atoms with Gasteiger partial charge in [-0.2, -0.15) is 0 Å². The molecule has 4 nitrogen and oxygen atoms in total. The predicted molar refractivity (Wildman–Crippen MR) is 73.8 cm³/mol. The van der Waals surface area contributed by atoms with Gasteiger partial charge in [-0.1, -0.05) is 19.1 Å². The fraction of sp³-hybridized carbons (Fsp3) is 0.286. The molecule has 2 N–H and O–H groups in total. The van der Waals surface area contributed by atoms with E-state index in [0.29, 0.717) is 18.7 Å². The Hall–Kier alpha value is -2.01. The number of nitrogens with zero attached hydrogens (tertiary/aromatic N) is 3. The fourth-order valence-corrected chi connectivity index (χ4v) is 1.85. The maximum absolute atomic E-state index is 14.2. The first-order valence-corrected chi connectivity index (χ1v) is 6.19. The van der Waals surface area contributed by atoms with Crippen LogP contribution in [0, 0.1) is 5.82 Å². The molecule has 0 radical (unpaired) electrons. The molecule has 2 rings (SSSR count). The standard InChI is InChI=1S/C14H17FN4/c1-3-12-13(15)14(18-9-17-12)19(2)11-6-4-10(8-16)5-7-11/h4-7,9H,3,8,16H2,1-2H3. The van der Waals surface area contributed by atoms with Crippen LogP contribution in [0.3, 0.4) is 0 Å². The predicted octanol–water partition coefficient (Wildman–Crippen LogP) is 2.40. The van der Waals surface area contributed by atoms with E-state index < -0.39 is 0 Å². The molecule has 0 aliphatic rings. The van der Waals surface area contributed by atoms with Gasteiger partial charge in [0.15, 0.2) is 11.6 Å². The average Bonchev–Trinajstić information content (AvgIpc) is 2.47. The molecule has 0 aliphatic carbocycles. The first kappa shape index (κ1) is 13.4. The molecular weight excluding hydrogens is 243 g/mol. The van der Waals surface area contributed by atoms with Gasteiger partial charge in [-0.15, -0.1) is 0 Å². The Kier molecular flexibility index (Phi) is 4.06. The summed E-state index contributed by atoms with van der Waals surface area (Å²) in [5.74, 6) is -0.0808. The molecule has 1 heterocycles. The molecule has 0 bridgehead atoms. The quantitative estimate of drug-likeness (QED) is 0.917. The van der Waals surface area contributed by atoms with Crippen LogP contribution in [0.15, 0.2) is 30.6 Å². The second kappa shape index (κ2) is 5.75. The Bertz CT molecular complexity index is 554. The van der Waals surface area contributed by atoms with E-state index >= 15 is 0 Å². The molecule has 19 heavy (non-hydrogen) atoms. The maximum Gasteiger partial charge on any atom is 0.187 e. The monoisotopic (exact) mass is 260 g/mol. The van der Waals surface area contributed by atoms with Crippen molar-refractivity contribution in [1.29, 1.82) is 0 Å². The molecule has 0 aliphatic heterocycles. The molecule has 1 aromatic heterocycles. The largest absolute Gasteiger partial charge is 0.327 e. The number of benzene rings is 1. The van der Waals surface area contributed by atoms with Crippen molar-refractivity contribution in [3.05, 3.63) is 47.7 Å². The summed E-state index contributed by atoms with van der Waals surface area (Å²) in [7, 11) is 1.78. The lowest BCUT2D eigenvalue weighted by atomic mass is 10.2. The number of halogens is 1. The molecule has 1 aromatic carbocycles. The lowest BCUT2D eigenvalue weighted by Crippen LogP contribution is -2.15. The molecule has 5 heteroatoms. The van der Waals surface area contributed by atoms with Crippen molar-refractivity contribution in [1.82, 2.24) is 9.97 Å². The van der Waals surface area contributed by atoms with Gasteiger partial charge in [-0.3, -0.25) is 0 Å². The third-order valence-electron chi connectivity index (χ3n) is 3.06. The highest BCUT2D eigenvalue weighted by molar-refractivity contribution is 5.60. The zero-order valence-corrected chi connectivity index (χ0v) is 11.1. The molecule has 2 aromatic rings. The Morgan fingerprint density at radius 1 is 1.21 bits per heavy atom. The second-order valence-electron chi connectivity index (χ2n) is 4.24. The van der Waals surface area contributed by atoms with Crippen LogP contribution < -0.4 is 10.6 Å². The molecule has 0 atom stereocenters. The summed E-state index contributed by atoms with van der Waals surface area (Å²) in [6.07, 6.45) is 1.93. The summed E-state index contributed by atoms with van der Waals surface area (Å²) in [5, 5.41) is 0. The zero-order chi connectivity index (χ0) is 13.8. The molecule has 0 saturated heterocycles. The number of hydrogen-bond acceptors (Lipinski definition) is 4. The normalized spacial score (nSPS) is 10.5. The van der Waals surface area contributed by atoms with E-state index in [-0.39, 0.29) is 11.6 Å². The summed E-state index contributed by atoms with van der Waals surface area (Å²) in [4.78, 5) is 9.66. The summed E-state index contributed by atoms with van der Waals surface area (Å²) in [6.45, 7) is 2.36. The van der Waals surface area contributed by atoms with Crippen molar-refractivity contribution < 1.29 is 4.39 Å². The van der Waals surface area contributed by atoms with Crippen LogP contribution in [0.4, 0.5) is 15.9 Å². The molecular formula is C14H17FN4. The maximum atomic E-state index is 14.2. The minimum atomic E-state index is -0.365. The molecule has 0 fully saturated rings. The van der Waals surface area contributed by atoms with Crippen molar-refractivity contribution in [2.75, 3.05) is 11.9 Å². The Morgan fingerprint density at radius 2 is 1.89 bits per heavy atom. The van der Waals surface area contributed by atoms with E-state index in [4.69, 9.17) is 5.73 Å². The van der Waals surface area contributed by atoms with Crippen LogP contribution in [0.5, 0.6) is 0 Å². The molecule has 0 spiro atoms. The second-order valence-corrected chi connectivity index (χ2v) is 4.24. The number of anilines is 2. The van der Waals surface area contributed by atoms with Gasteiger partial charge >= 0.3 is 0 Å². The molecule has 0 unspecified atom stereocenters. The first-order chi connectivity index (χ1) is 9.17. The topological polar surface area (TPSA) is 55.0 Å². The van der Waals surface area contributed by atoms with Crippen LogP contribution in [0.1, 0.15) is 18.2 Å². The number of hydrogen-bond donors (Lipinski definition) is 1. The van der Waals surface area contributed by atoms with Crippen molar-refractivity contribution in [3.63, 3.8) is 0 Å². The van der Waals surface area contributed by atoms with Gasteiger partial charge in [0.05, 0.1) is 5.69 Å². The van der Waals surface area contributed by atoms with Crippen molar-refractivity contribution in [3.8, 4) is 0 Å². The average molecular weight is 260 g/mol. The minimum Gasteiger partial charge on any atom is -0.327 e. The lowest BCUT2D eigenvalue weighted by Gasteiger charge is -2.19. The minimum absolute atomic E-state index is 0.285. The van der Waals surface area contributed by atoms with Gasteiger partial charge in [-0.05, 0) is 24.1 Å². The first-order valence-electron chi connectivity index (χ1n) is 6.19. The highest BCUT2D eigenvalue weighted by Crippen LogP contribution is 2.25. The Labute approximate surface area is 112 Å². The highest BCUT2D eigenvalue weighted by Gasteiger charge is 2.14. The molecule has 100 valence electrons. The van der Waals surface area contributed by atoms with E-state index in [1.165, 1.54) is 6.33 Å². The summed E-state index contributed by atoms with van der Waals surface area (Å²) >= 11 is 0. The van der Waals surface area contributed by atoms with Crippen molar-refractivity contribution >= 4 is 11.5 Å². The van der Waals surface area contributed by atoms with Gasteiger partial charge in [0.2, 0.25) is 0 Å². The van der Waals surface area contributed by atoms with Crippen LogP contribution in [-0.2, 0) is 13.0 Å². The van der Waals surface area contributed by atoms with Crippen LogP contribution in [-0.4, -0.2) is 17.0 Å². The van der Waals surface area contributed by atoms with Gasteiger partial charge in [0, 0.05) is 19.3 Å². The van der Waals surface area contributed by atoms with Gasteiger partial charge in [0.25, 0.3) is 0 Å². The van der Waals surface area contributed by atoms with Gasteiger partial charge < -0.3 is 10.6 Å². The third-order valence-corrected chi connectivity index (χ3v) is 3.06. The lowest BCUT2D eigenvalue weighted by molar-refractivity contribution is 0.593. The summed E-state index contributed by atoms with van der Waals surface area (Å²) < 4.78 is 14.2.